The van der Waals surface area contributed by atoms with Crippen molar-refractivity contribution in [2.75, 3.05) is 6.61 Å². The number of hydrogen-bond acceptors (Lipinski definition) is 3. The third-order valence-corrected chi connectivity index (χ3v) is 2.12. The Hall–Kier alpha value is -1.68. The van der Waals surface area contributed by atoms with Crippen molar-refractivity contribution in [3.05, 3.63) is 42.2 Å². The van der Waals surface area contributed by atoms with Crippen molar-refractivity contribution in [1.82, 2.24) is 15.0 Å². The third kappa shape index (κ3) is 2.67. The molecule has 0 N–H and O–H groups in total. The number of nitrogens with zero attached hydrogens (tertiary/aromatic N) is 3. The maximum Gasteiger partial charge on any atom is 0.109 e. The van der Waals surface area contributed by atoms with E-state index in [2.05, 4.69) is 17.1 Å². The summed E-state index contributed by atoms with van der Waals surface area (Å²) in [6, 6.07) is 9.84. The molecule has 1 heterocycles. The second kappa shape index (κ2) is 5.42. The zero-order chi connectivity index (χ0) is 11.2. The van der Waals surface area contributed by atoms with Gasteiger partial charge in [-0.25, -0.2) is 0 Å². The van der Waals surface area contributed by atoms with Gasteiger partial charge in [0.2, 0.25) is 0 Å². The van der Waals surface area contributed by atoms with Crippen molar-refractivity contribution in [3.8, 4) is 5.69 Å². The minimum atomic E-state index is 0.528. The van der Waals surface area contributed by atoms with Crippen LogP contribution in [-0.4, -0.2) is 21.6 Å². The molecule has 0 aliphatic heterocycles. The summed E-state index contributed by atoms with van der Waals surface area (Å²) in [7, 11) is 0. The van der Waals surface area contributed by atoms with E-state index in [0.29, 0.717) is 6.61 Å². The molecular formula is C12H15N3O. The molecule has 16 heavy (non-hydrogen) atoms. The Morgan fingerprint density at radius 1 is 1.25 bits per heavy atom. The minimum absolute atomic E-state index is 0.528. The van der Waals surface area contributed by atoms with Gasteiger partial charge in [-0.1, -0.05) is 25.1 Å². The van der Waals surface area contributed by atoms with Gasteiger partial charge in [-0.3, -0.25) is 0 Å². The first kappa shape index (κ1) is 10.8. The molecule has 0 unspecified atom stereocenters. The highest BCUT2D eigenvalue weighted by Crippen LogP contribution is 2.04. The zero-order valence-corrected chi connectivity index (χ0v) is 9.34. The molecular weight excluding hydrogens is 202 g/mol. The fourth-order valence-electron chi connectivity index (χ4n) is 1.37. The van der Waals surface area contributed by atoms with Gasteiger partial charge in [0.05, 0.1) is 18.5 Å². The minimum Gasteiger partial charge on any atom is -0.375 e. The van der Waals surface area contributed by atoms with Crippen molar-refractivity contribution < 1.29 is 4.74 Å². The van der Waals surface area contributed by atoms with Crippen LogP contribution in [0.5, 0.6) is 0 Å². The van der Waals surface area contributed by atoms with Gasteiger partial charge in [0.25, 0.3) is 0 Å². The van der Waals surface area contributed by atoms with Gasteiger partial charge in [-0.2, -0.15) is 15.0 Å². The Kier molecular flexibility index (Phi) is 3.66. The molecule has 1 aromatic carbocycles. The lowest BCUT2D eigenvalue weighted by atomic mass is 10.3. The molecule has 0 radical (unpaired) electrons. The van der Waals surface area contributed by atoms with Crippen LogP contribution in [0, 0.1) is 0 Å². The maximum absolute atomic E-state index is 5.40. The second-order valence-corrected chi connectivity index (χ2v) is 3.51. The molecule has 0 fully saturated rings. The molecule has 0 aliphatic carbocycles. The van der Waals surface area contributed by atoms with E-state index in [1.54, 1.807) is 11.0 Å². The number of benzene rings is 1. The molecule has 0 saturated heterocycles. The lowest BCUT2D eigenvalue weighted by Crippen LogP contribution is -2.00. The van der Waals surface area contributed by atoms with Gasteiger partial charge in [0, 0.05) is 6.61 Å². The molecule has 0 bridgehead atoms. The van der Waals surface area contributed by atoms with Crippen molar-refractivity contribution in [3.63, 3.8) is 0 Å². The fraction of sp³-hybridized carbons (Fsp3) is 0.333. The maximum atomic E-state index is 5.40. The van der Waals surface area contributed by atoms with E-state index in [-0.39, 0.29) is 0 Å². The largest absolute Gasteiger partial charge is 0.375 e. The summed E-state index contributed by atoms with van der Waals surface area (Å²) >= 11 is 0. The fourth-order valence-corrected chi connectivity index (χ4v) is 1.37. The predicted octanol–water partition coefficient (Wildman–Crippen LogP) is 2.19. The number of hydrogen-bond donors (Lipinski definition) is 0. The summed E-state index contributed by atoms with van der Waals surface area (Å²) in [5.41, 5.74) is 1.82. The Balaban J connectivity index is 2.02. The predicted molar refractivity (Wildman–Crippen MR) is 61.3 cm³/mol. The van der Waals surface area contributed by atoms with Gasteiger partial charge < -0.3 is 4.74 Å². The zero-order valence-electron chi connectivity index (χ0n) is 9.34. The van der Waals surface area contributed by atoms with Crippen molar-refractivity contribution >= 4 is 0 Å². The molecule has 0 amide bonds. The van der Waals surface area contributed by atoms with Crippen LogP contribution in [0.15, 0.2) is 36.5 Å². The molecule has 2 aromatic rings. The Morgan fingerprint density at radius 2 is 2.06 bits per heavy atom. The summed E-state index contributed by atoms with van der Waals surface area (Å²) in [4.78, 5) is 1.62. The lowest BCUT2D eigenvalue weighted by Gasteiger charge is -1.98. The molecule has 84 valence electrons. The van der Waals surface area contributed by atoms with Gasteiger partial charge in [0.15, 0.2) is 0 Å². The lowest BCUT2D eigenvalue weighted by molar-refractivity contribution is 0.118. The highest BCUT2D eigenvalue weighted by atomic mass is 16.5. The van der Waals surface area contributed by atoms with E-state index in [1.807, 2.05) is 30.3 Å². The van der Waals surface area contributed by atoms with Crippen LogP contribution in [0.1, 0.15) is 19.0 Å². The van der Waals surface area contributed by atoms with E-state index in [0.717, 1.165) is 24.4 Å². The summed E-state index contributed by atoms with van der Waals surface area (Å²) in [6.07, 6.45) is 2.76. The first-order valence-corrected chi connectivity index (χ1v) is 5.44. The Labute approximate surface area is 94.9 Å². The van der Waals surface area contributed by atoms with Crippen LogP contribution >= 0.6 is 0 Å². The molecule has 0 spiro atoms. The van der Waals surface area contributed by atoms with Crippen molar-refractivity contribution in [2.24, 2.45) is 0 Å². The average molecular weight is 217 g/mol. The Bertz CT molecular complexity index is 425. The van der Waals surface area contributed by atoms with E-state index in [1.165, 1.54) is 0 Å². The van der Waals surface area contributed by atoms with Crippen molar-refractivity contribution in [2.45, 2.75) is 20.0 Å². The number of aromatic nitrogens is 3. The first-order valence-electron chi connectivity index (χ1n) is 5.44. The summed E-state index contributed by atoms with van der Waals surface area (Å²) < 4.78 is 5.40. The van der Waals surface area contributed by atoms with Crippen LogP contribution < -0.4 is 0 Å². The van der Waals surface area contributed by atoms with Crippen LogP contribution in [0.2, 0.25) is 0 Å². The highest BCUT2D eigenvalue weighted by Gasteiger charge is 2.01. The number of rotatable bonds is 5. The summed E-state index contributed by atoms with van der Waals surface area (Å²) in [5, 5.41) is 8.52. The molecule has 2 rings (SSSR count). The van der Waals surface area contributed by atoms with E-state index in [9.17, 15) is 0 Å². The number of ether oxygens (including phenoxy) is 1. The molecule has 1 aromatic heterocycles. The molecule has 0 atom stereocenters. The quantitative estimate of drug-likeness (QED) is 0.721. The topological polar surface area (TPSA) is 39.9 Å². The summed E-state index contributed by atoms with van der Waals surface area (Å²) in [5.74, 6) is 0. The molecule has 4 heteroatoms. The second-order valence-electron chi connectivity index (χ2n) is 3.51. The average Bonchev–Trinajstić information content (AvgIpc) is 2.79. The van der Waals surface area contributed by atoms with Crippen LogP contribution in [0.4, 0.5) is 0 Å². The monoisotopic (exact) mass is 217 g/mol. The van der Waals surface area contributed by atoms with Crippen LogP contribution in [-0.2, 0) is 11.3 Å². The van der Waals surface area contributed by atoms with Gasteiger partial charge in [-0.15, -0.1) is 0 Å². The van der Waals surface area contributed by atoms with Crippen molar-refractivity contribution in [1.29, 1.82) is 0 Å². The standard InChI is InChI=1S/C12H15N3O/c1-2-8-16-10-11-9-13-15(14-11)12-6-4-3-5-7-12/h3-7,9H,2,8,10H2,1H3. The molecule has 0 aliphatic rings. The van der Waals surface area contributed by atoms with Crippen LogP contribution in [0.3, 0.4) is 0 Å². The highest BCUT2D eigenvalue weighted by molar-refractivity contribution is 5.28. The smallest absolute Gasteiger partial charge is 0.109 e. The van der Waals surface area contributed by atoms with Gasteiger partial charge >= 0.3 is 0 Å². The van der Waals surface area contributed by atoms with E-state index in [4.69, 9.17) is 4.74 Å². The van der Waals surface area contributed by atoms with Gasteiger partial charge in [-0.05, 0) is 18.6 Å². The molecule has 4 nitrogen and oxygen atoms in total. The third-order valence-electron chi connectivity index (χ3n) is 2.12. The van der Waals surface area contributed by atoms with E-state index >= 15 is 0 Å². The Morgan fingerprint density at radius 3 is 2.81 bits per heavy atom. The first-order chi connectivity index (χ1) is 7.90. The molecule has 0 saturated carbocycles. The SMILES string of the molecule is CCCOCc1cnn(-c2ccccc2)n1. The van der Waals surface area contributed by atoms with E-state index < -0.39 is 0 Å². The normalized spacial score (nSPS) is 10.6. The van der Waals surface area contributed by atoms with Crippen LogP contribution in [0.25, 0.3) is 5.69 Å². The number of para-hydroxylation sites is 1. The van der Waals surface area contributed by atoms with Gasteiger partial charge in [0.1, 0.15) is 5.69 Å². The summed E-state index contributed by atoms with van der Waals surface area (Å²) in [6.45, 7) is 3.37.